The van der Waals surface area contributed by atoms with E-state index >= 15 is 0 Å². The minimum absolute atomic E-state index is 0.00882. The van der Waals surface area contributed by atoms with Gasteiger partial charge in [0.05, 0.1) is 19.8 Å². The normalized spacial score (nSPS) is 11.3. The highest BCUT2D eigenvalue weighted by atomic mass is 32.2. The van der Waals surface area contributed by atoms with Crippen LogP contribution in [0, 0.1) is 0 Å². The van der Waals surface area contributed by atoms with Gasteiger partial charge in [-0.05, 0) is 49.4 Å². The number of hydroxylamine groups is 1. The summed E-state index contributed by atoms with van der Waals surface area (Å²) in [6.07, 6.45) is 0. The Hall–Kier alpha value is -2.75. The maximum absolute atomic E-state index is 12.5. The lowest BCUT2D eigenvalue weighted by Crippen LogP contribution is -2.26. The Morgan fingerprint density at radius 1 is 0.963 bits per heavy atom. The predicted molar refractivity (Wildman–Crippen MR) is 96.4 cm³/mol. The Labute approximate surface area is 157 Å². The number of hydrogen-bond acceptors (Lipinski definition) is 7. The zero-order valence-electron chi connectivity index (χ0n) is 15.3. The van der Waals surface area contributed by atoms with Crippen LogP contribution in [0.5, 0.6) is 11.5 Å². The number of sulfonamides is 1. The van der Waals surface area contributed by atoms with Gasteiger partial charge >= 0.3 is 5.97 Å². The summed E-state index contributed by atoms with van der Waals surface area (Å²) in [5, 5.41) is 0. The van der Waals surface area contributed by atoms with Crippen molar-refractivity contribution in [1.82, 2.24) is 4.47 Å². The van der Waals surface area contributed by atoms with Crippen LogP contribution in [-0.2, 0) is 14.9 Å². The monoisotopic (exact) mass is 393 g/mol. The van der Waals surface area contributed by atoms with Crippen molar-refractivity contribution < 1.29 is 32.3 Å². The van der Waals surface area contributed by atoms with Crippen LogP contribution in [0.4, 0.5) is 0 Å². The zero-order valence-corrected chi connectivity index (χ0v) is 16.1. The smallest absolute Gasteiger partial charge is 0.343 e. The summed E-state index contributed by atoms with van der Waals surface area (Å²) in [6.45, 7) is 1.43. The molecule has 0 saturated heterocycles. The van der Waals surface area contributed by atoms with Gasteiger partial charge in [-0.15, -0.1) is 0 Å². The van der Waals surface area contributed by atoms with Crippen LogP contribution in [0.2, 0.25) is 0 Å². The third-order valence-electron chi connectivity index (χ3n) is 3.74. The maximum atomic E-state index is 12.5. The van der Waals surface area contributed by atoms with Crippen LogP contribution in [0.3, 0.4) is 0 Å². The number of nitrogens with zero attached hydrogens (tertiary/aromatic N) is 1. The maximum Gasteiger partial charge on any atom is 0.343 e. The molecule has 0 aromatic heterocycles. The predicted octanol–water partition coefficient (Wildman–Crippen LogP) is 2.30. The summed E-state index contributed by atoms with van der Waals surface area (Å²) in [4.78, 5) is 28.2. The first-order chi connectivity index (χ1) is 12.7. The summed E-state index contributed by atoms with van der Waals surface area (Å²) < 4.78 is 36.0. The molecule has 0 fully saturated rings. The first-order valence-corrected chi connectivity index (χ1v) is 9.19. The van der Waals surface area contributed by atoms with E-state index < -0.39 is 16.0 Å². The highest BCUT2D eigenvalue weighted by Gasteiger charge is 2.27. The first-order valence-electron chi connectivity index (χ1n) is 7.75. The van der Waals surface area contributed by atoms with E-state index in [-0.39, 0.29) is 27.7 Å². The molecule has 0 bridgehead atoms. The van der Waals surface area contributed by atoms with E-state index in [0.29, 0.717) is 10.0 Å². The molecule has 0 aliphatic heterocycles. The van der Waals surface area contributed by atoms with Crippen LogP contribution in [0.25, 0.3) is 0 Å². The molecule has 27 heavy (non-hydrogen) atoms. The SMILES string of the molecule is COc1ccc(C(=O)Oc2ccc(C(C)=O)cc2)cc1S(=O)(=O)N(C)OC. The molecule has 8 nitrogen and oxygen atoms in total. The molecule has 9 heteroatoms. The molecule has 144 valence electrons. The Kier molecular flexibility index (Phi) is 6.32. The van der Waals surface area contributed by atoms with E-state index in [1.807, 2.05) is 0 Å². The molecule has 0 N–H and O–H groups in total. The fourth-order valence-electron chi connectivity index (χ4n) is 2.17. The molecular formula is C18H19NO7S. The molecule has 0 saturated carbocycles. The molecule has 0 amide bonds. The van der Waals surface area contributed by atoms with E-state index in [0.717, 1.165) is 6.07 Å². The van der Waals surface area contributed by atoms with Crippen molar-refractivity contribution in [2.45, 2.75) is 11.8 Å². The quantitative estimate of drug-likeness (QED) is 0.308. The lowest BCUT2D eigenvalue weighted by Gasteiger charge is -2.17. The van der Waals surface area contributed by atoms with Gasteiger partial charge in [-0.3, -0.25) is 9.63 Å². The van der Waals surface area contributed by atoms with Gasteiger partial charge in [-0.2, -0.15) is 0 Å². The largest absolute Gasteiger partial charge is 0.495 e. The van der Waals surface area contributed by atoms with Gasteiger partial charge in [-0.1, -0.05) is 4.47 Å². The van der Waals surface area contributed by atoms with Crippen molar-refractivity contribution in [3.8, 4) is 11.5 Å². The number of Topliss-reactive ketones (excluding diaryl/α,β-unsaturated/α-hetero) is 1. The third kappa shape index (κ3) is 4.51. The second-order valence-electron chi connectivity index (χ2n) is 5.43. The minimum atomic E-state index is -4.03. The highest BCUT2D eigenvalue weighted by Crippen LogP contribution is 2.28. The second-order valence-corrected chi connectivity index (χ2v) is 7.34. The van der Waals surface area contributed by atoms with Crippen LogP contribution in [0.15, 0.2) is 47.4 Å². The number of hydrogen-bond donors (Lipinski definition) is 0. The minimum Gasteiger partial charge on any atom is -0.495 e. The Morgan fingerprint density at radius 3 is 2.07 bits per heavy atom. The van der Waals surface area contributed by atoms with Crippen molar-refractivity contribution >= 4 is 21.8 Å². The van der Waals surface area contributed by atoms with Gasteiger partial charge in [0.2, 0.25) is 0 Å². The van der Waals surface area contributed by atoms with Gasteiger partial charge in [0.1, 0.15) is 16.4 Å². The van der Waals surface area contributed by atoms with Crippen molar-refractivity contribution in [2.24, 2.45) is 0 Å². The fourth-order valence-corrected chi connectivity index (χ4v) is 3.32. The molecule has 2 rings (SSSR count). The third-order valence-corrected chi connectivity index (χ3v) is 5.45. The highest BCUT2D eigenvalue weighted by molar-refractivity contribution is 7.89. The standard InChI is InChI=1S/C18H19NO7S/c1-12(20)13-5-8-15(9-6-13)26-18(21)14-7-10-16(24-3)17(11-14)27(22,23)19(2)25-4/h5-11H,1-4H3. The summed E-state index contributed by atoms with van der Waals surface area (Å²) >= 11 is 0. The van der Waals surface area contributed by atoms with Crippen molar-refractivity contribution in [3.63, 3.8) is 0 Å². The molecule has 0 heterocycles. The molecule has 0 unspecified atom stereocenters. The molecule has 2 aromatic carbocycles. The molecular weight excluding hydrogens is 374 g/mol. The van der Waals surface area contributed by atoms with E-state index in [1.54, 1.807) is 0 Å². The van der Waals surface area contributed by atoms with E-state index in [4.69, 9.17) is 14.3 Å². The Bertz CT molecular complexity index is 952. The van der Waals surface area contributed by atoms with Gasteiger partial charge in [0.25, 0.3) is 10.0 Å². The summed E-state index contributed by atoms with van der Waals surface area (Å²) in [7, 11) is -0.300. The number of ketones is 1. The Balaban J connectivity index is 2.34. The van der Waals surface area contributed by atoms with Crippen LogP contribution < -0.4 is 9.47 Å². The van der Waals surface area contributed by atoms with Gasteiger partial charge in [0, 0.05) is 12.6 Å². The lowest BCUT2D eigenvalue weighted by atomic mass is 10.1. The number of carbonyl (C=O) groups is 2. The van der Waals surface area contributed by atoms with Crippen molar-refractivity contribution in [3.05, 3.63) is 53.6 Å². The summed E-state index contributed by atoms with van der Waals surface area (Å²) in [5.41, 5.74) is 0.491. The number of methoxy groups -OCH3 is 1. The zero-order chi connectivity index (χ0) is 20.2. The summed E-state index contributed by atoms with van der Waals surface area (Å²) in [5.74, 6) is -0.592. The van der Waals surface area contributed by atoms with Crippen molar-refractivity contribution in [2.75, 3.05) is 21.3 Å². The first kappa shape index (κ1) is 20.6. The van der Waals surface area contributed by atoms with Gasteiger partial charge < -0.3 is 9.47 Å². The topological polar surface area (TPSA) is 99.2 Å². The number of carbonyl (C=O) groups excluding carboxylic acids is 2. The molecule has 0 aliphatic rings. The average Bonchev–Trinajstić information content (AvgIpc) is 2.66. The molecule has 2 aromatic rings. The van der Waals surface area contributed by atoms with Gasteiger partial charge in [0.15, 0.2) is 5.78 Å². The molecule has 0 radical (unpaired) electrons. The van der Waals surface area contributed by atoms with E-state index in [9.17, 15) is 18.0 Å². The average molecular weight is 393 g/mol. The second kappa shape index (κ2) is 8.30. The lowest BCUT2D eigenvalue weighted by molar-refractivity contribution is -0.0259. The molecule has 0 aliphatic carbocycles. The van der Waals surface area contributed by atoms with Crippen LogP contribution >= 0.6 is 0 Å². The number of rotatable bonds is 7. The van der Waals surface area contributed by atoms with Crippen LogP contribution in [0.1, 0.15) is 27.6 Å². The van der Waals surface area contributed by atoms with E-state index in [2.05, 4.69) is 0 Å². The Morgan fingerprint density at radius 2 is 1.56 bits per heavy atom. The van der Waals surface area contributed by atoms with Gasteiger partial charge in [-0.25, -0.2) is 13.2 Å². The summed E-state index contributed by atoms with van der Waals surface area (Å²) in [6, 6.07) is 9.91. The number of ether oxygens (including phenoxy) is 2. The number of esters is 1. The fraction of sp³-hybridized carbons (Fsp3) is 0.222. The molecule has 0 atom stereocenters. The molecule has 0 spiro atoms. The number of benzene rings is 2. The van der Waals surface area contributed by atoms with E-state index in [1.165, 1.54) is 64.6 Å². The van der Waals surface area contributed by atoms with Crippen LogP contribution in [-0.4, -0.2) is 45.9 Å². The van der Waals surface area contributed by atoms with Crippen molar-refractivity contribution in [1.29, 1.82) is 0 Å².